The number of primary amides is 1. The normalized spacial score (nSPS) is 15.8. The van der Waals surface area contributed by atoms with Crippen molar-refractivity contribution >= 4 is 11.7 Å². The van der Waals surface area contributed by atoms with Crippen molar-refractivity contribution < 1.29 is 4.79 Å². The second-order valence-electron chi connectivity index (χ2n) is 4.70. The van der Waals surface area contributed by atoms with Gasteiger partial charge in [-0.15, -0.1) is 0 Å². The van der Waals surface area contributed by atoms with Crippen molar-refractivity contribution in [3.05, 3.63) is 24.0 Å². The lowest BCUT2D eigenvalue weighted by Crippen LogP contribution is -2.29. The molecule has 0 aromatic heterocycles. The Morgan fingerprint density at radius 2 is 1.89 bits per heavy atom. The molecule has 0 aromatic rings. The van der Waals surface area contributed by atoms with Crippen molar-refractivity contribution in [3.8, 4) is 0 Å². The van der Waals surface area contributed by atoms with E-state index in [0.29, 0.717) is 11.5 Å². The van der Waals surface area contributed by atoms with E-state index in [-0.39, 0.29) is 17.5 Å². The van der Waals surface area contributed by atoms with E-state index in [4.69, 9.17) is 11.5 Å². The number of hydrogen-bond acceptors (Lipinski definition) is 3. The number of nitrogens with zero attached hydrogens (tertiary/aromatic N) is 1. The molecule has 0 aliphatic rings. The molecule has 0 saturated carbocycles. The molecule has 0 fully saturated rings. The number of carbonyl (C=O) groups excluding carboxylic acids is 1. The van der Waals surface area contributed by atoms with E-state index >= 15 is 0 Å². The number of amidine groups is 1. The molecule has 5 heteroatoms. The van der Waals surface area contributed by atoms with Gasteiger partial charge in [0.2, 0.25) is 0 Å². The Morgan fingerprint density at radius 1 is 1.32 bits per heavy atom. The molecule has 5 nitrogen and oxygen atoms in total. The van der Waals surface area contributed by atoms with Crippen molar-refractivity contribution in [3.63, 3.8) is 0 Å². The molecule has 0 saturated heterocycles. The smallest absolute Gasteiger partial charge is 0.252 e. The van der Waals surface area contributed by atoms with Crippen LogP contribution in [0.5, 0.6) is 0 Å². The van der Waals surface area contributed by atoms with Gasteiger partial charge in [0.1, 0.15) is 5.84 Å². The number of rotatable bonds is 8. The summed E-state index contributed by atoms with van der Waals surface area (Å²) in [4.78, 5) is 15.5. The maximum atomic E-state index is 11.4. The maximum Gasteiger partial charge on any atom is 0.252 e. The van der Waals surface area contributed by atoms with Gasteiger partial charge in [-0.2, -0.15) is 0 Å². The van der Waals surface area contributed by atoms with Gasteiger partial charge >= 0.3 is 0 Å². The van der Waals surface area contributed by atoms with Crippen molar-refractivity contribution in [2.75, 3.05) is 0 Å². The van der Waals surface area contributed by atoms with Gasteiger partial charge in [0.05, 0.1) is 5.57 Å². The molecular formula is C14H26N4O. The zero-order chi connectivity index (χ0) is 15.0. The first kappa shape index (κ1) is 17.2. The number of nitrogens with two attached hydrogens (primary N) is 2. The number of nitrogens with one attached hydrogen (secondary N) is 1. The fourth-order valence-electron chi connectivity index (χ4n) is 1.24. The molecule has 1 amide bonds. The number of aliphatic imine (C=N–C) groups is 1. The quantitative estimate of drug-likeness (QED) is 0.270. The second kappa shape index (κ2) is 8.34. The highest BCUT2D eigenvalue weighted by atomic mass is 16.1. The van der Waals surface area contributed by atoms with Crippen LogP contribution in [0.3, 0.4) is 0 Å². The summed E-state index contributed by atoms with van der Waals surface area (Å²) in [5.74, 6) is 0.0836. The molecule has 2 atom stereocenters. The van der Waals surface area contributed by atoms with Crippen LogP contribution in [0.25, 0.3) is 0 Å². The fraction of sp³-hybridized carbons (Fsp3) is 0.571. The van der Waals surface area contributed by atoms with E-state index in [2.05, 4.69) is 16.9 Å². The van der Waals surface area contributed by atoms with Crippen LogP contribution in [0, 0.1) is 5.92 Å². The lowest BCUT2D eigenvalue weighted by atomic mass is 10.1. The van der Waals surface area contributed by atoms with E-state index < -0.39 is 5.91 Å². The maximum absolute atomic E-state index is 11.4. The minimum absolute atomic E-state index is 0.168. The summed E-state index contributed by atoms with van der Waals surface area (Å²) in [7, 11) is 0. The minimum Gasteiger partial charge on any atom is -0.387 e. The summed E-state index contributed by atoms with van der Waals surface area (Å²) in [6, 6.07) is 0.214. The zero-order valence-electron chi connectivity index (χ0n) is 12.4. The van der Waals surface area contributed by atoms with Crippen molar-refractivity contribution in [2.45, 2.75) is 46.6 Å². The van der Waals surface area contributed by atoms with Gasteiger partial charge in [-0.25, -0.2) is 4.99 Å². The minimum atomic E-state index is -0.568. The summed E-state index contributed by atoms with van der Waals surface area (Å²) >= 11 is 0. The largest absolute Gasteiger partial charge is 0.387 e. The van der Waals surface area contributed by atoms with Crippen LogP contribution < -0.4 is 16.8 Å². The first-order chi connectivity index (χ1) is 8.83. The third-order valence-electron chi connectivity index (χ3n) is 3.08. The molecule has 0 aromatic carbocycles. The second-order valence-corrected chi connectivity index (χ2v) is 4.70. The highest BCUT2D eigenvalue weighted by Crippen LogP contribution is 2.08. The van der Waals surface area contributed by atoms with E-state index in [9.17, 15) is 4.79 Å². The van der Waals surface area contributed by atoms with Crippen LogP contribution in [0.2, 0.25) is 0 Å². The monoisotopic (exact) mass is 266 g/mol. The van der Waals surface area contributed by atoms with E-state index in [1.54, 1.807) is 0 Å². The van der Waals surface area contributed by atoms with Gasteiger partial charge in [-0.3, -0.25) is 4.79 Å². The van der Waals surface area contributed by atoms with Crippen LogP contribution in [-0.2, 0) is 4.79 Å². The van der Waals surface area contributed by atoms with E-state index in [1.165, 1.54) is 6.20 Å². The Kier molecular flexibility index (Phi) is 7.56. The predicted octanol–water partition coefficient (Wildman–Crippen LogP) is 1.66. The topological polar surface area (TPSA) is 93.5 Å². The molecule has 0 aliphatic carbocycles. The molecule has 0 heterocycles. The Hall–Kier alpha value is -1.78. The van der Waals surface area contributed by atoms with Gasteiger partial charge in [0.15, 0.2) is 0 Å². The summed E-state index contributed by atoms with van der Waals surface area (Å²) in [6.07, 6.45) is 3.20. The van der Waals surface area contributed by atoms with Gasteiger partial charge in [0.25, 0.3) is 5.91 Å². The molecule has 108 valence electrons. The van der Waals surface area contributed by atoms with Crippen LogP contribution in [0.15, 0.2) is 29.0 Å². The van der Waals surface area contributed by atoms with Gasteiger partial charge in [-0.1, -0.05) is 27.4 Å². The number of hydrogen-bond donors (Lipinski definition) is 3. The molecule has 0 aliphatic heterocycles. The first-order valence-corrected chi connectivity index (χ1v) is 6.62. The van der Waals surface area contributed by atoms with Gasteiger partial charge in [-0.05, 0) is 19.8 Å². The fourth-order valence-corrected chi connectivity index (χ4v) is 1.24. The molecule has 0 bridgehead atoms. The molecule has 5 N–H and O–H groups in total. The zero-order valence-corrected chi connectivity index (χ0v) is 12.4. The molecule has 0 rings (SSSR count). The average Bonchev–Trinajstić information content (AvgIpc) is 2.36. The highest BCUT2D eigenvalue weighted by molar-refractivity contribution is 5.96. The molecule has 19 heavy (non-hydrogen) atoms. The average molecular weight is 266 g/mol. The molecule has 2 unspecified atom stereocenters. The van der Waals surface area contributed by atoms with Gasteiger partial charge in [0, 0.05) is 23.9 Å². The summed E-state index contributed by atoms with van der Waals surface area (Å²) < 4.78 is 0. The predicted molar refractivity (Wildman–Crippen MR) is 80.4 cm³/mol. The van der Waals surface area contributed by atoms with Gasteiger partial charge < -0.3 is 16.8 Å². The lowest BCUT2D eigenvalue weighted by molar-refractivity contribution is -0.114. The standard InChI is InChI=1S/C14H26N4O/c1-6-9(3)13(15)17-8-12(14(16)19)11(5)18-10(4)7-2/h8-10,18H,5-7H2,1-4H3,(H2,15,17)(H2,16,19)/b12-8+. The summed E-state index contributed by atoms with van der Waals surface area (Å²) in [5, 5.41) is 3.10. The Bertz CT molecular complexity index is 385. The Labute approximate surface area is 115 Å². The lowest BCUT2D eigenvalue weighted by Gasteiger charge is -2.16. The summed E-state index contributed by atoms with van der Waals surface area (Å²) in [6.45, 7) is 11.9. The van der Waals surface area contributed by atoms with Crippen molar-refractivity contribution in [2.24, 2.45) is 22.4 Å². The Morgan fingerprint density at radius 3 is 2.32 bits per heavy atom. The number of carbonyl (C=O) groups is 1. The van der Waals surface area contributed by atoms with Crippen molar-refractivity contribution in [1.82, 2.24) is 5.32 Å². The first-order valence-electron chi connectivity index (χ1n) is 6.62. The van der Waals surface area contributed by atoms with Crippen molar-refractivity contribution in [1.29, 1.82) is 0 Å². The third-order valence-corrected chi connectivity index (χ3v) is 3.08. The Balaban J connectivity index is 5.02. The van der Waals surface area contributed by atoms with Crippen LogP contribution in [0.1, 0.15) is 40.5 Å². The highest BCUT2D eigenvalue weighted by Gasteiger charge is 2.11. The van der Waals surface area contributed by atoms with Crippen LogP contribution in [-0.4, -0.2) is 17.8 Å². The molecular weight excluding hydrogens is 240 g/mol. The molecule has 0 spiro atoms. The molecule has 0 radical (unpaired) electrons. The number of amides is 1. The SMILES string of the molecule is C=C(NC(C)CC)/C(=C\N=C(N)C(C)CC)C(N)=O. The van der Waals surface area contributed by atoms with E-state index in [0.717, 1.165) is 12.8 Å². The van der Waals surface area contributed by atoms with Crippen LogP contribution >= 0.6 is 0 Å². The summed E-state index contributed by atoms with van der Waals surface area (Å²) in [5.41, 5.74) is 11.9. The third kappa shape index (κ3) is 6.08. The van der Waals surface area contributed by atoms with E-state index in [1.807, 2.05) is 27.7 Å². The van der Waals surface area contributed by atoms with Crippen LogP contribution in [0.4, 0.5) is 0 Å².